The summed E-state index contributed by atoms with van der Waals surface area (Å²) in [6, 6.07) is 22.6. The van der Waals surface area contributed by atoms with Crippen molar-refractivity contribution in [2.24, 2.45) is 0 Å². The lowest BCUT2D eigenvalue weighted by Crippen LogP contribution is -2.49. The zero-order chi connectivity index (χ0) is 42.8. The minimum Gasteiger partial charge on any atom is -0.465 e. The van der Waals surface area contributed by atoms with E-state index in [1.54, 1.807) is 9.80 Å². The van der Waals surface area contributed by atoms with Gasteiger partial charge in [0.1, 0.15) is 23.7 Å². The van der Waals surface area contributed by atoms with Crippen molar-refractivity contribution in [1.29, 1.82) is 0 Å². The van der Waals surface area contributed by atoms with E-state index in [1.165, 1.54) is 26.2 Å². The normalized spacial score (nSPS) is 17.6. The highest BCUT2D eigenvalue weighted by molar-refractivity contribution is 5.93. The minimum absolute atomic E-state index is 0.104. The van der Waals surface area contributed by atoms with Gasteiger partial charge in [0.15, 0.2) is 0 Å². The second kappa shape index (κ2) is 17.6. The Balaban J connectivity index is 0.990. The molecule has 2 aromatic heterocycles. The highest BCUT2D eigenvalue weighted by Gasteiger charge is 2.39. The topological polar surface area (TPSA) is 206 Å². The number of nitrogens with one attached hydrogen (secondary N) is 3. The zero-order valence-electron chi connectivity index (χ0n) is 34.4. The number of carbonyl (C=O) groups excluding carboxylic acids is 3. The van der Waals surface area contributed by atoms with Crippen LogP contribution in [0.3, 0.4) is 0 Å². The van der Waals surface area contributed by atoms with Gasteiger partial charge in [0, 0.05) is 53.3 Å². The number of H-pyrrole nitrogens is 2. The van der Waals surface area contributed by atoms with Gasteiger partial charge in [-0.05, 0) is 95.1 Å². The number of fused-ring (bicyclic) bond motifs is 3. The number of imidazole rings is 2. The van der Waals surface area contributed by atoms with Crippen LogP contribution >= 0.6 is 0 Å². The number of nitrogens with zero attached hydrogens (tertiary/aromatic N) is 5. The SMILES string of the molecule is COCC[C@H](NC(=O)O)C(=O)N1CCC[C@H]1c1nc2cc(-c3ccc4cc(-c5ccc6[nH]c([C@@H]7CCCN7C(=O)[C@H](CCO)N(C)C(=O)OC)nc6c5)ccc4c3)ccc2[nH]1. The molecule has 4 amide bonds. The predicted molar refractivity (Wildman–Crippen MR) is 229 cm³/mol. The summed E-state index contributed by atoms with van der Waals surface area (Å²) >= 11 is 0. The van der Waals surface area contributed by atoms with Gasteiger partial charge < -0.3 is 44.8 Å². The Hall–Kier alpha value is -6.52. The molecule has 61 heavy (non-hydrogen) atoms. The molecule has 0 unspecified atom stereocenters. The molecule has 8 rings (SSSR count). The molecule has 0 bridgehead atoms. The number of likely N-dealkylation sites (N-methyl/N-ethyl adjacent to an activating group) is 1. The first-order valence-electron chi connectivity index (χ1n) is 20.6. The summed E-state index contributed by atoms with van der Waals surface area (Å²) in [5.41, 5.74) is 7.36. The molecule has 2 aliphatic rings. The first kappa shape index (κ1) is 41.2. The molecule has 6 aromatic rings. The number of methoxy groups -OCH3 is 2. The number of hydrogen-bond acceptors (Lipinski definition) is 9. The van der Waals surface area contributed by atoms with Gasteiger partial charge in [0.25, 0.3) is 0 Å². The maximum atomic E-state index is 13.7. The maximum absolute atomic E-state index is 13.7. The Bertz CT molecular complexity index is 2610. The number of hydrogen-bond donors (Lipinski definition) is 5. The fraction of sp³-hybridized carbons (Fsp3) is 0.378. The van der Waals surface area contributed by atoms with Crippen LogP contribution in [0.2, 0.25) is 0 Å². The van der Waals surface area contributed by atoms with Crippen LogP contribution in [-0.2, 0) is 19.1 Å². The third-order valence-electron chi connectivity index (χ3n) is 12.0. The molecular formula is C45H50N8O8. The lowest BCUT2D eigenvalue weighted by molar-refractivity contribution is -0.137. The van der Waals surface area contributed by atoms with E-state index in [9.17, 15) is 29.4 Å². The number of rotatable bonds is 13. The number of aromatic amines is 2. The van der Waals surface area contributed by atoms with Crippen LogP contribution in [0.25, 0.3) is 55.1 Å². The molecule has 4 aromatic carbocycles. The van der Waals surface area contributed by atoms with Gasteiger partial charge in [0.05, 0.1) is 41.3 Å². The standard InChI is InChI=1S/C45H50N8O8/c1-51(45(59)61-3)39(16-20-54)43(56)53-19-5-7-38(53)41-47-33-15-13-31(25-36(33)49-41)29-11-9-26-22-28(10-8-27(26)23-29)30-12-14-32-35(24-30)48-40(46-32)37-6-4-18-52(37)42(55)34(17-21-60-2)50-44(57)58/h8-15,22-25,34,37-39,50,54H,4-7,16-21H2,1-3H3,(H,46,48)(H,47,49)(H,57,58)/t34-,37-,38-,39-/m0/s1. The van der Waals surface area contributed by atoms with Gasteiger partial charge in [0.2, 0.25) is 11.8 Å². The van der Waals surface area contributed by atoms with Crippen molar-refractivity contribution in [3.8, 4) is 22.3 Å². The number of carboxylic acid groups (broad SMARTS) is 1. The highest BCUT2D eigenvalue weighted by Crippen LogP contribution is 2.36. The van der Waals surface area contributed by atoms with Crippen LogP contribution in [0.5, 0.6) is 0 Å². The third kappa shape index (κ3) is 8.32. The van der Waals surface area contributed by atoms with Crippen molar-refractivity contribution in [3.05, 3.63) is 84.4 Å². The summed E-state index contributed by atoms with van der Waals surface area (Å²) in [4.78, 5) is 72.4. The number of aliphatic hydroxyl groups is 1. The number of amides is 4. The molecule has 2 saturated heterocycles. The van der Waals surface area contributed by atoms with Gasteiger partial charge >= 0.3 is 12.2 Å². The lowest BCUT2D eigenvalue weighted by Gasteiger charge is -2.32. The Labute approximate surface area is 351 Å². The van der Waals surface area contributed by atoms with Gasteiger partial charge in [-0.15, -0.1) is 0 Å². The van der Waals surface area contributed by atoms with E-state index < -0.39 is 24.3 Å². The molecular weight excluding hydrogens is 781 g/mol. The molecule has 0 radical (unpaired) electrons. The van der Waals surface area contributed by atoms with Crippen LogP contribution in [-0.4, -0.2) is 129 Å². The quantitative estimate of drug-likeness (QED) is 0.0869. The molecule has 4 atom stereocenters. The monoisotopic (exact) mass is 830 g/mol. The first-order valence-corrected chi connectivity index (χ1v) is 20.6. The largest absolute Gasteiger partial charge is 0.465 e. The Kier molecular flexibility index (Phi) is 11.9. The van der Waals surface area contributed by atoms with E-state index in [4.69, 9.17) is 19.4 Å². The van der Waals surface area contributed by atoms with E-state index in [-0.39, 0.29) is 50.0 Å². The molecule has 2 aliphatic heterocycles. The summed E-state index contributed by atoms with van der Waals surface area (Å²) in [5, 5.41) is 23.5. The average molecular weight is 831 g/mol. The number of ether oxygens (including phenoxy) is 2. The van der Waals surface area contributed by atoms with Gasteiger partial charge in [-0.3, -0.25) is 14.5 Å². The smallest absolute Gasteiger partial charge is 0.409 e. The molecule has 5 N–H and O–H groups in total. The fourth-order valence-electron chi connectivity index (χ4n) is 8.87. The predicted octanol–water partition coefficient (Wildman–Crippen LogP) is 6.38. The molecule has 0 aliphatic carbocycles. The number of likely N-dealkylation sites (tertiary alicyclic amines) is 2. The van der Waals surface area contributed by atoms with Crippen molar-refractivity contribution in [1.82, 2.24) is 40.0 Å². The molecule has 16 heteroatoms. The van der Waals surface area contributed by atoms with E-state index in [2.05, 4.69) is 63.8 Å². The summed E-state index contributed by atoms with van der Waals surface area (Å²) in [5.74, 6) is 0.836. The summed E-state index contributed by atoms with van der Waals surface area (Å²) < 4.78 is 9.96. The number of aliphatic hydroxyl groups excluding tert-OH is 1. The molecule has 318 valence electrons. The van der Waals surface area contributed by atoms with Gasteiger partial charge in [-0.2, -0.15) is 0 Å². The Morgan fingerprint density at radius 2 is 1.28 bits per heavy atom. The van der Waals surface area contributed by atoms with E-state index in [0.29, 0.717) is 24.7 Å². The summed E-state index contributed by atoms with van der Waals surface area (Å²) in [7, 11) is 4.29. The second-order valence-corrected chi connectivity index (χ2v) is 15.8. The maximum Gasteiger partial charge on any atom is 0.409 e. The Morgan fingerprint density at radius 3 is 1.77 bits per heavy atom. The highest BCUT2D eigenvalue weighted by atomic mass is 16.5. The number of aromatic nitrogens is 4. The van der Waals surface area contributed by atoms with Crippen molar-refractivity contribution >= 4 is 56.8 Å². The number of benzene rings is 4. The second-order valence-electron chi connectivity index (χ2n) is 15.8. The minimum atomic E-state index is -1.25. The summed E-state index contributed by atoms with van der Waals surface area (Å²) in [6.07, 6.45) is 1.48. The van der Waals surface area contributed by atoms with E-state index >= 15 is 0 Å². The van der Waals surface area contributed by atoms with Crippen LogP contribution in [0.1, 0.15) is 62.3 Å². The van der Waals surface area contributed by atoms with Crippen molar-refractivity contribution in [3.63, 3.8) is 0 Å². The molecule has 16 nitrogen and oxygen atoms in total. The molecule has 0 saturated carbocycles. The fourth-order valence-corrected chi connectivity index (χ4v) is 8.87. The van der Waals surface area contributed by atoms with Crippen molar-refractivity contribution in [2.45, 2.75) is 62.7 Å². The number of carbonyl (C=O) groups is 4. The molecule has 0 spiro atoms. The van der Waals surface area contributed by atoms with E-state index in [0.717, 1.165) is 80.8 Å². The van der Waals surface area contributed by atoms with Gasteiger partial charge in [-0.1, -0.05) is 36.4 Å². The average Bonchev–Trinajstić information content (AvgIpc) is 4.11. The van der Waals surface area contributed by atoms with Crippen LogP contribution in [0, 0.1) is 0 Å². The lowest BCUT2D eigenvalue weighted by atomic mass is 9.97. The van der Waals surface area contributed by atoms with Crippen molar-refractivity contribution in [2.75, 3.05) is 47.6 Å². The van der Waals surface area contributed by atoms with Gasteiger partial charge in [-0.25, -0.2) is 19.6 Å². The van der Waals surface area contributed by atoms with Crippen molar-refractivity contribution < 1.29 is 38.9 Å². The van der Waals surface area contributed by atoms with Crippen LogP contribution < -0.4 is 5.32 Å². The summed E-state index contributed by atoms with van der Waals surface area (Å²) in [6.45, 7) is 1.05. The molecule has 4 heterocycles. The Morgan fingerprint density at radius 1 is 0.770 bits per heavy atom. The zero-order valence-corrected chi connectivity index (χ0v) is 34.4. The van der Waals surface area contributed by atoms with Crippen LogP contribution in [0.4, 0.5) is 9.59 Å². The van der Waals surface area contributed by atoms with E-state index in [1.807, 2.05) is 24.3 Å². The third-order valence-corrected chi connectivity index (χ3v) is 12.0. The molecule has 2 fully saturated rings. The first-order chi connectivity index (χ1) is 29.6. The van der Waals surface area contributed by atoms with Crippen LogP contribution in [0.15, 0.2) is 72.8 Å².